The molecule has 1 aliphatic heterocycles. The predicted molar refractivity (Wildman–Crippen MR) is 89.8 cm³/mol. The first-order valence-corrected chi connectivity index (χ1v) is 8.14. The maximum atomic E-state index is 12.3. The van der Waals surface area contributed by atoms with Crippen LogP contribution in [-0.2, 0) is 11.8 Å². The Labute approximate surface area is 137 Å². The van der Waals surface area contributed by atoms with E-state index in [0.717, 1.165) is 44.0 Å². The number of piperazine rings is 1. The normalized spacial score (nSPS) is 16.9. The molecular weight excluding hydrogens is 300 g/mol. The van der Waals surface area contributed by atoms with E-state index in [1.807, 2.05) is 11.8 Å². The number of hydrogen-bond donors (Lipinski definition) is 0. The van der Waals surface area contributed by atoms with Crippen molar-refractivity contribution in [1.82, 2.24) is 19.6 Å². The van der Waals surface area contributed by atoms with Gasteiger partial charge in [-0.25, -0.2) is 0 Å². The lowest BCUT2D eigenvalue weighted by molar-refractivity contribution is -0.127. The lowest BCUT2D eigenvalue weighted by atomic mass is 10.2. The second-order valence-corrected chi connectivity index (χ2v) is 6.62. The highest BCUT2D eigenvalue weighted by Crippen LogP contribution is 2.20. The van der Waals surface area contributed by atoms with Crippen molar-refractivity contribution >= 4 is 23.6 Å². The van der Waals surface area contributed by atoms with Gasteiger partial charge < -0.3 is 4.90 Å². The number of carbonyl (C=O) groups is 1. The van der Waals surface area contributed by atoms with Gasteiger partial charge in [-0.05, 0) is 18.9 Å². The SMILES string of the molecule is Cc1nn(C)c(Cl)c1/C=C/C(=O)N1CCN(CC(C)C)CC1. The summed E-state index contributed by atoms with van der Waals surface area (Å²) in [5, 5.41) is 4.80. The van der Waals surface area contributed by atoms with Crippen LogP contribution in [0.2, 0.25) is 5.15 Å². The molecule has 1 amide bonds. The quantitative estimate of drug-likeness (QED) is 0.797. The van der Waals surface area contributed by atoms with Crippen LogP contribution in [0.1, 0.15) is 25.1 Å². The lowest BCUT2D eigenvalue weighted by Crippen LogP contribution is -2.49. The molecule has 5 nitrogen and oxygen atoms in total. The van der Waals surface area contributed by atoms with Gasteiger partial charge in [-0.3, -0.25) is 14.4 Å². The molecule has 1 aromatic rings. The third kappa shape index (κ3) is 4.11. The topological polar surface area (TPSA) is 41.4 Å². The van der Waals surface area contributed by atoms with Crippen molar-refractivity contribution in [3.05, 3.63) is 22.5 Å². The smallest absolute Gasteiger partial charge is 0.246 e. The van der Waals surface area contributed by atoms with Gasteiger partial charge in [-0.15, -0.1) is 0 Å². The van der Waals surface area contributed by atoms with Crippen molar-refractivity contribution in [2.75, 3.05) is 32.7 Å². The molecule has 0 radical (unpaired) electrons. The molecule has 0 aromatic carbocycles. The predicted octanol–water partition coefficient (Wildman–Crippen LogP) is 2.20. The molecule has 2 rings (SSSR count). The lowest BCUT2D eigenvalue weighted by Gasteiger charge is -2.35. The van der Waals surface area contributed by atoms with Crippen LogP contribution in [0.15, 0.2) is 6.08 Å². The van der Waals surface area contributed by atoms with Crippen molar-refractivity contribution in [3.8, 4) is 0 Å². The standard InChI is InChI=1S/C16H25ClN4O/c1-12(2)11-20-7-9-21(10-8-20)15(22)6-5-14-13(3)18-19(4)16(14)17/h5-6,12H,7-11H2,1-4H3/b6-5+. The summed E-state index contributed by atoms with van der Waals surface area (Å²) in [5.41, 5.74) is 1.65. The fraction of sp³-hybridized carbons (Fsp3) is 0.625. The molecule has 6 heteroatoms. The monoisotopic (exact) mass is 324 g/mol. The largest absolute Gasteiger partial charge is 0.337 e. The molecule has 1 saturated heterocycles. The number of rotatable bonds is 4. The Morgan fingerprint density at radius 1 is 1.32 bits per heavy atom. The van der Waals surface area contributed by atoms with E-state index < -0.39 is 0 Å². The highest BCUT2D eigenvalue weighted by molar-refractivity contribution is 6.31. The number of aromatic nitrogens is 2. The minimum absolute atomic E-state index is 0.0449. The Bertz CT molecular complexity index is 557. The zero-order valence-corrected chi connectivity index (χ0v) is 14.6. The second kappa shape index (κ2) is 7.29. The average Bonchev–Trinajstić information content (AvgIpc) is 2.70. The third-order valence-corrected chi connectivity index (χ3v) is 4.34. The van der Waals surface area contributed by atoms with Gasteiger partial charge in [0.2, 0.25) is 5.91 Å². The van der Waals surface area contributed by atoms with Gasteiger partial charge in [0.25, 0.3) is 0 Å². The number of nitrogens with zero attached hydrogens (tertiary/aromatic N) is 4. The first-order chi connectivity index (χ1) is 10.4. The van der Waals surface area contributed by atoms with Crippen LogP contribution in [0.5, 0.6) is 0 Å². The molecule has 1 fully saturated rings. The summed E-state index contributed by atoms with van der Waals surface area (Å²) in [6.07, 6.45) is 3.38. The first-order valence-electron chi connectivity index (χ1n) is 7.77. The van der Waals surface area contributed by atoms with Crippen LogP contribution < -0.4 is 0 Å². The zero-order valence-electron chi connectivity index (χ0n) is 13.8. The molecule has 0 spiro atoms. The number of halogens is 1. The molecular formula is C16H25ClN4O. The van der Waals surface area contributed by atoms with E-state index in [-0.39, 0.29) is 5.91 Å². The van der Waals surface area contributed by atoms with Gasteiger partial charge in [-0.2, -0.15) is 5.10 Å². The average molecular weight is 325 g/mol. The van der Waals surface area contributed by atoms with E-state index in [9.17, 15) is 4.79 Å². The first kappa shape index (κ1) is 17.0. The summed E-state index contributed by atoms with van der Waals surface area (Å²) >= 11 is 6.17. The van der Waals surface area contributed by atoms with E-state index in [1.54, 1.807) is 23.9 Å². The van der Waals surface area contributed by atoms with E-state index >= 15 is 0 Å². The third-order valence-electron chi connectivity index (χ3n) is 3.90. The maximum absolute atomic E-state index is 12.3. The van der Waals surface area contributed by atoms with Crippen LogP contribution in [0.4, 0.5) is 0 Å². The van der Waals surface area contributed by atoms with Crippen molar-refractivity contribution in [3.63, 3.8) is 0 Å². The summed E-state index contributed by atoms with van der Waals surface area (Å²) < 4.78 is 1.62. The van der Waals surface area contributed by atoms with Crippen LogP contribution in [0.25, 0.3) is 6.08 Å². The molecule has 122 valence electrons. The van der Waals surface area contributed by atoms with Gasteiger partial charge in [-0.1, -0.05) is 25.4 Å². The van der Waals surface area contributed by atoms with Gasteiger partial charge in [0, 0.05) is 51.4 Å². The molecule has 0 N–H and O–H groups in total. The molecule has 1 aliphatic rings. The molecule has 22 heavy (non-hydrogen) atoms. The molecule has 0 aliphatic carbocycles. The summed E-state index contributed by atoms with van der Waals surface area (Å²) in [6.45, 7) is 10.9. The molecule has 1 aromatic heterocycles. The highest BCUT2D eigenvalue weighted by atomic mass is 35.5. The Hall–Kier alpha value is -1.33. The molecule has 0 unspecified atom stereocenters. The van der Waals surface area contributed by atoms with Crippen molar-refractivity contribution in [1.29, 1.82) is 0 Å². The minimum atomic E-state index is 0.0449. The second-order valence-electron chi connectivity index (χ2n) is 6.27. The summed E-state index contributed by atoms with van der Waals surface area (Å²) in [4.78, 5) is 16.6. The summed E-state index contributed by atoms with van der Waals surface area (Å²) in [6, 6.07) is 0. The molecule has 0 saturated carbocycles. The van der Waals surface area contributed by atoms with E-state index in [0.29, 0.717) is 11.1 Å². The van der Waals surface area contributed by atoms with Gasteiger partial charge >= 0.3 is 0 Å². The van der Waals surface area contributed by atoms with Crippen LogP contribution in [-0.4, -0.2) is 58.2 Å². The Morgan fingerprint density at radius 3 is 2.45 bits per heavy atom. The molecule has 0 atom stereocenters. The Morgan fingerprint density at radius 2 is 1.95 bits per heavy atom. The van der Waals surface area contributed by atoms with Gasteiger partial charge in [0.05, 0.1) is 5.69 Å². The van der Waals surface area contributed by atoms with Gasteiger partial charge in [0.1, 0.15) is 5.15 Å². The summed E-state index contributed by atoms with van der Waals surface area (Å²) in [5.74, 6) is 0.710. The molecule has 0 bridgehead atoms. The van der Waals surface area contributed by atoms with Crippen molar-refractivity contribution < 1.29 is 4.79 Å². The van der Waals surface area contributed by atoms with Crippen molar-refractivity contribution in [2.24, 2.45) is 13.0 Å². The van der Waals surface area contributed by atoms with Crippen LogP contribution in [0.3, 0.4) is 0 Å². The van der Waals surface area contributed by atoms with E-state index in [2.05, 4.69) is 23.8 Å². The number of hydrogen-bond acceptors (Lipinski definition) is 3. The van der Waals surface area contributed by atoms with Crippen molar-refractivity contribution in [2.45, 2.75) is 20.8 Å². The Kier molecular flexibility index (Phi) is 5.64. The van der Waals surface area contributed by atoms with Crippen LogP contribution in [0, 0.1) is 12.8 Å². The fourth-order valence-corrected chi connectivity index (χ4v) is 3.00. The number of carbonyl (C=O) groups excluding carboxylic acids is 1. The Balaban J connectivity index is 1.92. The van der Waals surface area contributed by atoms with E-state index in [1.165, 1.54) is 0 Å². The summed E-state index contributed by atoms with van der Waals surface area (Å²) in [7, 11) is 1.79. The number of aryl methyl sites for hydroxylation is 2. The van der Waals surface area contributed by atoms with E-state index in [4.69, 9.17) is 11.6 Å². The number of amides is 1. The van der Waals surface area contributed by atoms with Gasteiger partial charge in [0.15, 0.2) is 0 Å². The fourth-order valence-electron chi connectivity index (χ4n) is 2.76. The highest BCUT2D eigenvalue weighted by Gasteiger charge is 2.20. The van der Waals surface area contributed by atoms with Crippen LogP contribution >= 0.6 is 11.6 Å². The molecule has 2 heterocycles. The maximum Gasteiger partial charge on any atom is 0.246 e. The minimum Gasteiger partial charge on any atom is -0.337 e. The zero-order chi connectivity index (χ0) is 16.3.